The highest BCUT2D eigenvalue weighted by atomic mass is 32.2. The predicted octanol–water partition coefficient (Wildman–Crippen LogP) is 1.10. The Bertz CT molecular complexity index is 686. The van der Waals surface area contributed by atoms with Crippen molar-refractivity contribution in [1.29, 1.82) is 0 Å². The molecule has 2 heterocycles. The minimum Gasteiger partial charge on any atom is -0.348 e. The zero-order valence-electron chi connectivity index (χ0n) is 10.3. The van der Waals surface area contributed by atoms with Gasteiger partial charge < -0.3 is 4.57 Å². The van der Waals surface area contributed by atoms with Crippen molar-refractivity contribution < 1.29 is 8.42 Å². The normalized spacial score (nSPS) is 12.2. The summed E-state index contributed by atoms with van der Waals surface area (Å²) in [5, 5.41) is 1.01. The largest absolute Gasteiger partial charge is 0.348 e. The Morgan fingerprint density at radius 2 is 2.00 bits per heavy atom. The number of nitrogens with one attached hydrogen (secondary N) is 1. The van der Waals surface area contributed by atoms with Gasteiger partial charge in [-0.15, -0.1) is 0 Å². The number of hydrogen-bond donors (Lipinski definition) is 1. The van der Waals surface area contributed by atoms with Crippen molar-refractivity contribution in [2.45, 2.75) is 18.9 Å². The summed E-state index contributed by atoms with van der Waals surface area (Å²) in [4.78, 5) is 4.15. The van der Waals surface area contributed by atoms with E-state index in [1.54, 1.807) is 11.5 Å². The summed E-state index contributed by atoms with van der Waals surface area (Å²) in [6, 6.07) is 1.90. The molecule has 0 aromatic carbocycles. The molecular formula is C11H15N3O2S. The Kier molecular flexibility index (Phi) is 2.71. The number of nitrogens with zero attached hydrogens (tertiary/aromatic N) is 2. The Balaban J connectivity index is 2.98. The van der Waals surface area contributed by atoms with Gasteiger partial charge in [0, 0.05) is 24.3 Å². The van der Waals surface area contributed by atoms with E-state index in [1.165, 1.54) is 7.05 Å². The number of sulfonamides is 1. The van der Waals surface area contributed by atoms with Gasteiger partial charge in [0.2, 0.25) is 0 Å². The highest BCUT2D eigenvalue weighted by Gasteiger charge is 2.21. The number of fused-ring (bicyclic) bond motifs is 1. The van der Waals surface area contributed by atoms with Crippen LogP contribution in [-0.4, -0.2) is 25.0 Å². The van der Waals surface area contributed by atoms with Gasteiger partial charge in [-0.3, -0.25) is 0 Å². The lowest BCUT2D eigenvalue weighted by molar-refractivity contribution is 0.584. The molecule has 0 saturated carbocycles. The van der Waals surface area contributed by atoms with Crippen LogP contribution in [0.15, 0.2) is 17.3 Å². The van der Waals surface area contributed by atoms with E-state index in [1.807, 2.05) is 26.2 Å². The molecule has 0 unspecified atom stereocenters. The molecule has 2 rings (SSSR count). The van der Waals surface area contributed by atoms with Crippen molar-refractivity contribution in [3.8, 4) is 0 Å². The van der Waals surface area contributed by atoms with E-state index in [2.05, 4.69) is 9.71 Å². The molecule has 0 bridgehead atoms. The first-order valence-electron chi connectivity index (χ1n) is 5.23. The number of rotatable bonds is 2. The molecule has 0 amide bonds. The minimum atomic E-state index is -3.54. The summed E-state index contributed by atoms with van der Waals surface area (Å²) in [7, 11) is -0.328. The molecule has 2 aromatic rings. The maximum Gasteiger partial charge on any atom is 0.259 e. The Hall–Kier alpha value is -1.40. The van der Waals surface area contributed by atoms with E-state index >= 15 is 0 Å². The van der Waals surface area contributed by atoms with Crippen LogP contribution in [0.1, 0.15) is 11.3 Å². The SMILES string of the molecule is CNS(=O)(=O)c1nc(C)cc2c(C)cn(C)c12. The maximum atomic E-state index is 11.9. The summed E-state index contributed by atoms with van der Waals surface area (Å²) in [5.41, 5.74) is 2.38. The van der Waals surface area contributed by atoms with Crippen LogP contribution in [0, 0.1) is 13.8 Å². The van der Waals surface area contributed by atoms with E-state index in [0.29, 0.717) is 11.2 Å². The van der Waals surface area contributed by atoms with Crippen molar-refractivity contribution in [2.24, 2.45) is 7.05 Å². The smallest absolute Gasteiger partial charge is 0.259 e. The van der Waals surface area contributed by atoms with Crippen LogP contribution in [0.3, 0.4) is 0 Å². The summed E-state index contributed by atoms with van der Waals surface area (Å²) in [6.07, 6.45) is 1.90. The number of aromatic nitrogens is 2. The molecule has 1 N–H and O–H groups in total. The molecule has 0 aliphatic rings. The molecular weight excluding hydrogens is 238 g/mol. The van der Waals surface area contributed by atoms with Gasteiger partial charge in [-0.05, 0) is 32.5 Å². The van der Waals surface area contributed by atoms with E-state index < -0.39 is 10.0 Å². The predicted molar refractivity (Wildman–Crippen MR) is 66.4 cm³/mol. The second-order valence-corrected chi connectivity index (χ2v) is 5.90. The molecule has 0 atom stereocenters. The summed E-state index contributed by atoms with van der Waals surface area (Å²) >= 11 is 0. The second-order valence-electron chi connectivity index (χ2n) is 4.10. The van der Waals surface area contributed by atoms with E-state index in [0.717, 1.165) is 10.9 Å². The van der Waals surface area contributed by atoms with Crippen molar-refractivity contribution >= 4 is 20.9 Å². The van der Waals surface area contributed by atoms with Crippen molar-refractivity contribution in [3.63, 3.8) is 0 Å². The molecule has 0 saturated heterocycles. The zero-order chi connectivity index (χ0) is 12.8. The average Bonchev–Trinajstić information content (AvgIpc) is 2.53. The second kappa shape index (κ2) is 3.82. The first kappa shape index (κ1) is 12.1. The lowest BCUT2D eigenvalue weighted by Gasteiger charge is -2.07. The van der Waals surface area contributed by atoms with E-state index in [4.69, 9.17) is 0 Å². The van der Waals surface area contributed by atoms with Crippen LogP contribution >= 0.6 is 0 Å². The maximum absolute atomic E-state index is 11.9. The van der Waals surface area contributed by atoms with Crippen molar-refractivity contribution in [1.82, 2.24) is 14.3 Å². The fourth-order valence-electron chi connectivity index (χ4n) is 1.99. The monoisotopic (exact) mass is 253 g/mol. The van der Waals surface area contributed by atoms with Crippen LogP contribution in [0.5, 0.6) is 0 Å². The van der Waals surface area contributed by atoms with Crippen LogP contribution in [0.4, 0.5) is 0 Å². The average molecular weight is 253 g/mol. The highest BCUT2D eigenvalue weighted by molar-refractivity contribution is 7.89. The minimum absolute atomic E-state index is 0.0885. The van der Waals surface area contributed by atoms with Gasteiger partial charge in [0.25, 0.3) is 10.0 Å². The quantitative estimate of drug-likeness (QED) is 0.871. The van der Waals surface area contributed by atoms with Gasteiger partial charge >= 0.3 is 0 Å². The molecule has 2 aromatic heterocycles. The molecule has 0 radical (unpaired) electrons. The van der Waals surface area contributed by atoms with E-state index in [-0.39, 0.29) is 5.03 Å². The Morgan fingerprint density at radius 1 is 1.35 bits per heavy atom. The third kappa shape index (κ3) is 1.83. The molecule has 17 heavy (non-hydrogen) atoms. The number of pyridine rings is 1. The lowest BCUT2D eigenvalue weighted by atomic mass is 10.2. The first-order chi connectivity index (χ1) is 7.86. The van der Waals surface area contributed by atoms with Gasteiger partial charge in [-0.25, -0.2) is 18.1 Å². The molecule has 5 nitrogen and oxygen atoms in total. The zero-order valence-corrected chi connectivity index (χ0v) is 11.1. The van der Waals surface area contributed by atoms with Crippen LogP contribution < -0.4 is 4.72 Å². The number of hydrogen-bond acceptors (Lipinski definition) is 3. The fraction of sp³-hybridized carbons (Fsp3) is 0.364. The van der Waals surface area contributed by atoms with Gasteiger partial charge in [0.05, 0.1) is 5.52 Å². The van der Waals surface area contributed by atoms with Crippen molar-refractivity contribution in [3.05, 3.63) is 23.5 Å². The molecule has 0 spiro atoms. The number of aryl methyl sites for hydroxylation is 3. The van der Waals surface area contributed by atoms with Crippen LogP contribution in [-0.2, 0) is 17.1 Å². The molecule has 0 aliphatic carbocycles. The molecule has 0 fully saturated rings. The third-order valence-corrected chi connectivity index (χ3v) is 4.11. The Morgan fingerprint density at radius 3 is 2.59 bits per heavy atom. The van der Waals surface area contributed by atoms with Crippen molar-refractivity contribution in [2.75, 3.05) is 7.05 Å². The fourth-order valence-corrected chi connectivity index (χ4v) is 2.95. The van der Waals surface area contributed by atoms with Gasteiger partial charge in [-0.2, -0.15) is 0 Å². The standard InChI is InChI=1S/C11H15N3O2S/c1-7-6-14(4)10-9(7)5-8(2)13-11(10)17(15,16)12-3/h5-6,12H,1-4H3. The summed E-state index contributed by atoms with van der Waals surface area (Å²) < 4.78 is 28.0. The Labute approximate surface area is 101 Å². The highest BCUT2D eigenvalue weighted by Crippen LogP contribution is 2.25. The lowest BCUT2D eigenvalue weighted by Crippen LogP contribution is -2.21. The topological polar surface area (TPSA) is 64.0 Å². The van der Waals surface area contributed by atoms with Crippen LogP contribution in [0.25, 0.3) is 10.9 Å². The molecule has 0 aliphatic heterocycles. The van der Waals surface area contributed by atoms with E-state index in [9.17, 15) is 8.42 Å². The first-order valence-corrected chi connectivity index (χ1v) is 6.72. The summed E-state index contributed by atoms with van der Waals surface area (Å²) in [6.45, 7) is 3.75. The van der Waals surface area contributed by atoms with Gasteiger partial charge in [-0.1, -0.05) is 0 Å². The van der Waals surface area contributed by atoms with Gasteiger partial charge in [0.1, 0.15) is 0 Å². The third-order valence-electron chi connectivity index (χ3n) is 2.78. The molecule has 92 valence electrons. The summed E-state index contributed by atoms with van der Waals surface area (Å²) in [5.74, 6) is 0. The van der Waals surface area contributed by atoms with Crippen LogP contribution in [0.2, 0.25) is 0 Å². The van der Waals surface area contributed by atoms with Gasteiger partial charge in [0.15, 0.2) is 5.03 Å². The molecule has 6 heteroatoms.